The molecule has 0 spiro atoms. The van der Waals surface area contributed by atoms with Crippen LogP contribution in [0.1, 0.15) is 20.3 Å². The van der Waals surface area contributed by atoms with E-state index in [0.29, 0.717) is 6.42 Å². The molecule has 24 heavy (non-hydrogen) atoms. The predicted octanol–water partition coefficient (Wildman–Crippen LogP) is 3.20. The third-order valence-electron chi connectivity index (χ3n) is 3.87. The predicted molar refractivity (Wildman–Crippen MR) is 91.2 cm³/mol. The molecule has 1 aromatic rings. The van der Waals surface area contributed by atoms with Crippen LogP contribution in [0.3, 0.4) is 0 Å². The second-order valence-corrected chi connectivity index (χ2v) is 8.93. The number of ether oxygens (including phenoxy) is 1. The molecule has 0 amide bonds. The number of benzene rings is 1. The normalized spacial score (nSPS) is 19.3. The number of rotatable bonds is 8. The first-order valence-electron chi connectivity index (χ1n) is 7.42. The number of halogens is 2. The first-order valence-corrected chi connectivity index (χ1v) is 9.62. The fourth-order valence-electron chi connectivity index (χ4n) is 2.28. The first kappa shape index (κ1) is 19.2. The fourth-order valence-corrected chi connectivity index (χ4v) is 4.25. The highest BCUT2D eigenvalue weighted by atomic mass is 35.5. The van der Waals surface area contributed by atoms with E-state index in [1.807, 2.05) is 0 Å². The van der Waals surface area contributed by atoms with Crippen LogP contribution in [0.5, 0.6) is 5.75 Å². The van der Waals surface area contributed by atoms with Crippen molar-refractivity contribution in [2.75, 3.05) is 19.7 Å². The van der Waals surface area contributed by atoms with Gasteiger partial charge in [-0.25, -0.2) is 8.42 Å². The molecule has 0 saturated heterocycles. The molecule has 1 atom stereocenters. The number of hydrogen-bond acceptors (Lipinski definition) is 5. The van der Waals surface area contributed by atoms with Crippen molar-refractivity contribution >= 4 is 38.9 Å². The van der Waals surface area contributed by atoms with Crippen molar-refractivity contribution in [1.82, 2.24) is 4.31 Å². The van der Waals surface area contributed by atoms with Crippen molar-refractivity contribution in [3.63, 3.8) is 0 Å². The molecule has 0 bridgehead atoms. The second-order valence-electron chi connectivity index (χ2n) is 5.45. The Hall–Kier alpha value is -1.09. The number of hydrogen-bond donors (Lipinski definition) is 0. The number of nitro benzene ring substituents is 1. The van der Waals surface area contributed by atoms with Crippen LogP contribution in [0, 0.1) is 16.0 Å². The largest absolute Gasteiger partial charge is 0.486 e. The van der Waals surface area contributed by atoms with E-state index in [1.54, 1.807) is 13.8 Å². The third kappa shape index (κ3) is 3.93. The summed E-state index contributed by atoms with van der Waals surface area (Å²) in [6, 6.07) is 3.61. The molecule has 1 unspecified atom stereocenters. The Labute approximate surface area is 150 Å². The zero-order chi connectivity index (χ0) is 18.1. The molecule has 1 saturated carbocycles. The summed E-state index contributed by atoms with van der Waals surface area (Å²) in [5, 5.41) is 11.3. The highest BCUT2D eigenvalue weighted by molar-refractivity contribution is 7.89. The SMILES string of the molecule is CCN(CC)S(=O)(=O)c1ccc(OCC2CC2(Cl)Cl)c([N+](=O)[O-])c1. The Morgan fingerprint density at radius 2 is 1.96 bits per heavy atom. The van der Waals surface area contributed by atoms with E-state index >= 15 is 0 Å². The zero-order valence-electron chi connectivity index (χ0n) is 13.2. The molecule has 1 aromatic carbocycles. The lowest BCUT2D eigenvalue weighted by atomic mass is 10.3. The van der Waals surface area contributed by atoms with E-state index in [0.717, 1.165) is 6.07 Å². The van der Waals surface area contributed by atoms with Gasteiger partial charge >= 0.3 is 5.69 Å². The van der Waals surface area contributed by atoms with E-state index < -0.39 is 25.0 Å². The van der Waals surface area contributed by atoms with Gasteiger partial charge in [-0.05, 0) is 18.6 Å². The maximum Gasteiger partial charge on any atom is 0.312 e. The first-order chi connectivity index (χ1) is 11.1. The summed E-state index contributed by atoms with van der Waals surface area (Å²) in [4.78, 5) is 10.5. The lowest BCUT2D eigenvalue weighted by Crippen LogP contribution is -2.30. The van der Waals surface area contributed by atoms with Crippen LogP contribution in [0.2, 0.25) is 0 Å². The molecule has 134 valence electrons. The Morgan fingerprint density at radius 1 is 1.38 bits per heavy atom. The van der Waals surface area contributed by atoms with Gasteiger partial charge in [-0.15, -0.1) is 23.2 Å². The second kappa shape index (κ2) is 7.03. The maximum absolute atomic E-state index is 12.5. The van der Waals surface area contributed by atoms with Crippen LogP contribution in [0.15, 0.2) is 23.1 Å². The van der Waals surface area contributed by atoms with Crippen molar-refractivity contribution in [1.29, 1.82) is 0 Å². The topological polar surface area (TPSA) is 89.8 Å². The van der Waals surface area contributed by atoms with Gasteiger partial charge < -0.3 is 4.74 Å². The lowest BCUT2D eigenvalue weighted by molar-refractivity contribution is -0.386. The monoisotopic (exact) mass is 396 g/mol. The van der Waals surface area contributed by atoms with E-state index in [4.69, 9.17) is 27.9 Å². The summed E-state index contributed by atoms with van der Waals surface area (Å²) in [5.74, 6) is -0.103. The van der Waals surface area contributed by atoms with Gasteiger partial charge in [0.25, 0.3) is 0 Å². The Kier molecular flexibility index (Phi) is 5.64. The van der Waals surface area contributed by atoms with Gasteiger partial charge in [-0.2, -0.15) is 4.31 Å². The van der Waals surface area contributed by atoms with E-state index in [9.17, 15) is 18.5 Å². The molecule has 0 heterocycles. The quantitative estimate of drug-likeness (QED) is 0.382. The van der Waals surface area contributed by atoms with Crippen LogP contribution in [-0.2, 0) is 10.0 Å². The van der Waals surface area contributed by atoms with Crippen LogP contribution in [0.4, 0.5) is 5.69 Å². The summed E-state index contributed by atoms with van der Waals surface area (Å²) in [7, 11) is -3.78. The molecule has 7 nitrogen and oxygen atoms in total. The summed E-state index contributed by atoms with van der Waals surface area (Å²) in [6.07, 6.45) is 0.554. The summed E-state index contributed by atoms with van der Waals surface area (Å²) in [5.41, 5.74) is -0.404. The van der Waals surface area contributed by atoms with Crippen LogP contribution >= 0.6 is 23.2 Å². The van der Waals surface area contributed by atoms with Gasteiger partial charge in [0.15, 0.2) is 5.75 Å². The van der Waals surface area contributed by atoms with E-state index in [2.05, 4.69) is 0 Å². The van der Waals surface area contributed by atoms with Gasteiger partial charge in [-0.1, -0.05) is 13.8 Å². The molecule has 0 aliphatic heterocycles. The maximum atomic E-state index is 12.5. The van der Waals surface area contributed by atoms with Gasteiger partial charge in [0.2, 0.25) is 10.0 Å². The third-order valence-corrected chi connectivity index (χ3v) is 6.84. The van der Waals surface area contributed by atoms with Crippen molar-refractivity contribution in [2.45, 2.75) is 29.5 Å². The van der Waals surface area contributed by atoms with Crippen LogP contribution in [0.25, 0.3) is 0 Å². The Morgan fingerprint density at radius 3 is 2.42 bits per heavy atom. The minimum absolute atomic E-state index is 0.00506. The number of nitrogens with zero attached hydrogens (tertiary/aromatic N) is 2. The molecule has 0 aromatic heterocycles. The minimum atomic E-state index is -3.78. The van der Waals surface area contributed by atoms with Crippen molar-refractivity contribution in [3.8, 4) is 5.75 Å². The molecular formula is C14H18Cl2N2O5S. The van der Waals surface area contributed by atoms with Gasteiger partial charge in [-0.3, -0.25) is 10.1 Å². The Bertz CT molecular complexity index is 735. The smallest absolute Gasteiger partial charge is 0.312 e. The van der Waals surface area contributed by atoms with E-state index in [-0.39, 0.29) is 36.3 Å². The molecule has 1 aliphatic rings. The standard InChI is InChI=1S/C14H18Cl2N2O5S/c1-3-17(4-2)24(21,22)11-5-6-13(12(7-11)18(19)20)23-9-10-8-14(10,15)16/h5-7,10H,3-4,8-9H2,1-2H3. The van der Waals surface area contributed by atoms with Crippen molar-refractivity contribution in [3.05, 3.63) is 28.3 Å². The van der Waals surface area contributed by atoms with Gasteiger partial charge in [0, 0.05) is 25.1 Å². The average Bonchev–Trinajstić information content (AvgIpc) is 3.13. The summed E-state index contributed by atoms with van der Waals surface area (Å²) < 4.78 is 30.7. The minimum Gasteiger partial charge on any atom is -0.486 e. The van der Waals surface area contributed by atoms with Crippen molar-refractivity contribution < 1.29 is 18.1 Å². The average molecular weight is 397 g/mol. The molecule has 10 heteroatoms. The molecule has 2 rings (SSSR count). The lowest BCUT2D eigenvalue weighted by Gasteiger charge is -2.18. The van der Waals surface area contributed by atoms with Gasteiger partial charge in [0.05, 0.1) is 16.4 Å². The molecule has 1 fully saturated rings. The zero-order valence-corrected chi connectivity index (χ0v) is 15.6. The number of sulfonamides is 1. The highest BCUT2D eigenvalue weighted by Crippen LogP contribution is 2.53. The molecule has 1 aliphatic carbocycles. The Balaban J connectivity index is 2.28. The van der Waals surface area contributed by atoms with Gasteiger partial charge in [0.1, 0.15) is 4.33 Å². The van der Waals surface area contributed by atoms with Crippen molar-refractivity contribution in [2.24, 2.45) is 5.92 Å². The summed E-state index contributed by atoms with van der Waals surface area (Å²) in [6.45, 7) is 4.09. The number of nitro groups is 1. The number of alkyl halides is 2. The molecule has 0 N–H and O–H groups in total. The molecule has 0 radical (unpaired) electrons. The fraction of sp³-hybridized carbons (Fsp3) is 0.571. The highest BCUT2D eigenvalue weighted by Gasteiger charge is 2.52. The van der Waals surface area contributed by atoms with E-state index in [1.165, 1.54) is 16.4 Å². The van der Waals surface area contributed by atoms with Crippen LogP contribution < -0.4 is 4.74 Å². The van der Waals surface area contributed by atoms with Crippen LogP contribution in [-0.4, -0.2) is 41.7 Å². The molecular weight excluding hydrogens is 379 g/mol. The summed E-state index contributed by atoms with van der Waals surface area (Å²) >= 11 is 11.8.